The number of methoxy groups -OCH3 is 2. The van der Waals surface area contributed by atoms with Crippen molar-refractivity contribution in [2.45, 2.75) is 31.6 Å². The number of thioether (sulfide) groups is 1. The lowest BCUT2D eigenvalue weighted by Gasteiger charge is -2.08. The molecule has 0 aliphatic heterocycles. The lowest BCUT2D eigenvalue weighted by molar-refractivity contribution is -0.116. The van der Waals surface area contributed by atoms with Crippen LogP contribution in [0.4, 0.5) is 9.80 Å². The van der Waals surface area contributed by atoms with Crippen molar-refractivity contribution in [1.29, 1.82) is 0 Å². The summed E-state index contributed by atoms with van der Waals surface area (Å²) in [5, 5.41) is 4.91. The van der Waals surface area contributed by atoms with E-state index in [2.05, 4.69) is 15.4 Å². The number of hydrogen-bond acceptors (Lipinski definition) is 9. The van der Waals surface area contributed by atoms with E-state index in [9.17, 15) is 19.2 Å². The molecular formula is C22H26N2O7S2. The monoisotopic (exact) mass is 494 g/mol. The molecule has 2 rings (SSSR count). The molecule has 0 saturated heterocycles. The number of rotatable bonds is 10. The number of anilines is 1. The fourth-order valence-electron chi connectivity index (χ4n) is 2.76. The Bertz CT molecular complexity index is 1000. The molecule has 0 atom stereocenters. The number of imide groups is 1. The number of thiophene rings is 1. The van der Waals surface area contributed by atoms with Crippen LogP contribution in [0.2, 0.25) is 0 Å². The van der Waals surface area contributed by atoms with Crippen molar-refractivity contribution >= 4 is 52.0 Å². The first-order valence-corrected chi connectivity index (χ1v) is 11.9. The second kappa shape index (κ2) is 12.9. The molecule has 0 aliphatic rings. The normalized spacial score (nSPS) is 10.3. The Morgan fingerprint density at radius 3 is 2.39 bits per heavy atom. The van der Waals surface area contributed by atoms with Crippen molar-refractivity contribution in [2.75, 3.05) is 31.9 Å². The maximum atomic E-state index is 12.6. The van der Waals surface area contributed by atoms with Gasteiger partial charge < -0.3 is 19.5 Å². The van der Waals surface area contributed by atoms with Crippen LogP contribution in [0.15, 0.2) is 29.2 Å². The highest BCUT2D eigenvalue weighted by molar-refractivity contribution is 7.99. The molecule has 1 aromatic heterocycles. The molecule has 0 bridgehead atoms. The summed E-state index contributed by atoms with van der Waals surface area (Å²) in [6.45, 7) is 3.38. The number of esters is 1. The van der Waals surface area contributed by atoms with E-state index < -0.39 is 18.0 Å². The fourth-order valence-corrected chi connectivity index (χ4v) is 4.72. The second-order valence-electron chi connectivity index (χ2n) is 6.60. The van der Waals surface area contributed by atoms with Crippen LogP contribution in [0.3, 0.4) is 0 Å². The Kier molecular flexibility index (Phi) is 10.2. The van der Waals surface area contributed by atoms with E-state index >= 15 is 0 Å². The zero-order valence-electron chi connectivity index (χ0n) is 18.8. The van der Waals surface area contributed by atoms with Gasteiger partial charge in [-0.3, -0.25) is 14.9 Å². The lowest BCUT2D eigenvalue weighted by atomic mass is 10.1. The molecule has 178 valence electrons. The van der Waals surface area contributed by atoms with Gasteiger partial charge in [-0.1, -0.05) is 0 Å². The molecule has 0 spiro atoms. The lowest BCUT2D eigenvalue weighted by Crippen LogP contribution is -2.31. The highest BCUT2D eigenvalue weighted by Gasteiger charge is 2.27. The Balaban J connectivity index is 2.04. The first kappa shape index (κ1) is 26.2. The highest BCUT2D eigenvalue weighted by atomic mass is 32.2. The maximum Gasteiger partial charge on any atom is 0.413 e. The largest absolute Gasteiger partial charge is 0.497 e. The smallest absolute Gasteiger partial charge is 0.413 e. The first-order valence-electron chi connectivity index (χ1n) is 10.1. The molecule has 9 nitrogen and oxygen atoms in total. The van der Waals surface area contributed by atoms with Crippen LogP contribution in [0.1, 0.15) is 45.4 Å². The molecule has 11 heteroatoms. The predicted molar refractivity (Wildman–Crippen MR) is 126 cm³/mol. The van der Waals surface area contributed by atoms with Gasteiger partial charge in [0.2, 0.25) is 5.91 Å². The minimum absolute atomic E-state index is 0.0226. The fraction of sp³-hybridized carbons (Fsp3) is 0.364. The van der Waals surface area contributed by atoms with E-state index in [1.165, 1.54) is 0 Å². The predicted octanol–water partition coefficient (Wildman–Crippen LogP) is 4.25. The second-order valence-corrected chi connectivity index (χ2v) is 8.79. The van der Waals surface area contributed by atoms with Crippen molar-refractivity contribution in [3.8, 4) is 5.75 Å². The van der Waals surface area contributed by atoms with Gasteiger partial charge in [-0.05, 0) is 55.9 Å². The maximum absolute atomic E-state index is 12.6. The number of amides is 3. The molecule has 2 aromatic rings. The summed E-state index contributed by atoms with van der Waals surface area (Å²) in [5.74, 6) is -0.208. The van der Waals surface area contributed by atoms with Gasteiger partial charge >= 0.3 is 12.1 Å². The number of hydrogen-bond donors (Lipinski definition) is 2. The Morgan fingerprint density at radius 2 is 1.79 bits per heavy atom. The number of benzene rings is 1. The van der Waals surface area contributed by atoms with Gasteiger partial charge in [0.05, 0.1) is 26.4 Å². The SMILES string of the molecule is CCOC(=O)c1sc(NC(=O)CCCSc2ccc(OC)cc2)c(C(=O)NC(=O)OC)c1C. The third kappa shape index (κ3) is 7.50. The van der Waals surface area contributed by atoms with Crippen molar-refractivity contribution in [1.82, 2.24) is 5.32 Å². The number of carbonyl (C=O) groups excluding carboxylic acids is 4. The molecule has 2 N–H and O–H groups in total. The summed E-state index contributed by atoms with van der Waals surface area (Å²) in [5.41, 5.74) is 0.333. The van der Waals surface area contributed by atoms with Crippen LogP contribution in [0.5, 0.6) is 5.75 Å². The minimum Gasteiger partial charge on any atom is -0.497 e. The van der Waals surface area contributed by atoms with Gasteiger partial charge in [-0.15, -0.1) is 23.1 Å². The Hall–Kier alpha value is -3.05. The standard InChI is InChI=1S/C22H26N2O7S2/c1-5-31-21(27)18-13(2)17(19(26)24-22(28)30-4)20(33-18)23-16(25)7-6-12-32-15-10-8-14(29-3)9-11-15/h8-11H,5-7,12H2,1-4H3,(H,23,25)(H,24,26,28). The van der Waals surface area contributed by atoms with Gasteiger partial charge in [0.1, 0.15) is 15.6 Å². The van der Waals surface area contributed by atoms with Gasteiger partial charge in [0.15, 0.2) is 0 Å². The zero-order valence-corrected chi connectivity index (χ0v) is 20.4. The molecule has 0 unspecified atom stereocenters. The van der Waals surface area contributed by atoms with Crippen molar-refractivity contribution in [3.05, 3.63) is 40.3 Å². The van der Waals surface area contributed by atoms with Crippen molar-refractivity contribution < 1.29 is 33.4 Å². The minimum atomic E-state index is -0.948. The summed E-state index contributed by atoms with van der Waals surface area (Å²) in [7, 11) is 2.73. The molecule has 0 saturated carbocycles. The van der Waals surface area contributed by atoms with E-state index in [0.717, 1.165) is 29.1 Å². The Morgan fingerprint density at radius 1 is 1.09 bits per heavy atom. The molecule has 0 radical (unpaired) electrons. The average molecular weight is 495 g/mol. The van der Waals surface area contributed by atoms with Crippen molar-refractivity contribution in [3.63, 3.8) is 0 Å². The van der Waals surface area contributed by atoms with E-state index in [0.29, 0.717) is 17.7 Å². The molecule has 1 aromatic carbocycles. The molecule has 0 fully saturated rings. The van der Waals surface area contributed by atoms with Crippen molar-refractivity contribution in [2.24, 2.45) is 0 Å². The summed E-state index contributed by atoms with van der Waals surface area (Å²) in [6.07, 6.45) is -0.134. The van der Waals surface area contributed by atoms with Crippen LogP contribution in [-0.4, -0.2) is 50.5 Å². The molecular weight excluding hydrogens is 468 g/mol. The van der Waals surface area contributed by atoms with E-state index in [1.54, 1.807) is 32.7 Å². The number of alkyl carbamates (subject to hydrolysis) is 1. The summed E-state index contributed by atoms with van der Waals surface area (Å²) in [6, 6.07) is 7.63. The summed E-state index contributed by atoms with van der Waals surface area (Å²) >= 11 is 2.54. The van der Waals surface area contributed by atoms with Gasteiger partial charge in [0, 0.05) is 11.3 Å². The highest BCUT2D eigenvalue weighted by Crippen LogP contribution is 2.34. The van der Waals surface area contributed by atoms with E-state index in [-0.39, 0.29) is 34.4 Å². The first-order chi connectivity index (χ1) is 15.8. The number of ether oxygens (including phenoxy) is 3. The Labute approximate surface area is 200 Å². The third-order valence-corrected chi connectivity index (χ3v) is 6.65. The van der Waals surface area contributed by atoms with Crippen LogP contribution < -0.4 is 15.4 Å². The van der Waals surface area contributed by atoms with Crippen LogP contribution in [-0.2, 0) is 14.3 Å². The summed E-state index contributed by atoms with van der Waals surface area (Å²) < 4.78 is 14.6. The number of nitrogens with one attached hydrogen (secondary N) is 2. The summed E-state index contributed by atoms with van der Waals surface area (Å²) in [4.78, 5) is 50.0. The molecule has 0 aliphatic carbocycles. The molecule has 33 heavy (non-hydrogen) atoms. The topological polar surface area (TPSA) is 120 Å². The van der Waals surface area contributed by atoms with Crippen LogP contribution in [0.25, 0.3) is 0 Å². The third-order valence-electron chi connectivity index (χ3n) is 4.36. The zero-order chi connectivity index (χ0) is 24.4. The number of carbonyl (C=O) groups is 4. The van der Waals surface area contributed by atoms with Crippen LogP contribution in [0, 0.1) is 6.92 Å². The van der Waals surface area contributed by atoms with Gasteiger partial charge in [-0.2, -0.15) is 0 Å². The average Bonchev–Trinajstić information content (AvgIpc) is 3.12. The van der Waals surface area contributed by atoms with E-state index in [4.69, 9.17) is 9.47 Å². The van der Waals surface area contributed by atoms with Gasteiger partial charge in [0.25, 0.3) is 5.91 Å². The van der Waals surface area contributed by atoms with E-state index in [1.807, 2.05) is 24.3 Å². The molecule has 1 heterocycles. The molecule has 3 amide bonds. The van der Waals surface area contributed by atoms with Gasteiger partial charge in [-0.25, -0.2) is 9.59 Å². The quantitative estimate of drug-likeness (QED) is 0.286. The van der Waals surface area contributed by atoms with Crippen LogP contribution >= 0.6 is 23.1 Å².